The average molecular weight is 355 g/mol. The van der Waals surface area contributed by atoms with Gasteiger partial charge in [0.1, 0.15) is 18.8 Å². The first-order chi connectivity index (χ1) is 12.6. The van der Waals surface area contributed by atoms with Crippen LogP contribution in [-0.4, -0.2) is 37.4 Å². The molecule has 1 N–H and O–H groups in total. The zero-order chi connectivity index (χ0) is 18.6. The summed E-state index contributed by atoms with van der Waals surface area (Å²) in [5, 5.41) is 10.1. The summed E-state index contributed by atoms with van der Waals surface area (Å²) in [5.74, 6) is -0.898. The summed E-state index contributed by atoms with van der Waals surface area (Å²) < 4.78 is 10.4. The number of aliphatic hydroxyl groups excluding tert-OH is 1. The molecule has 1 aliphatic heterocycles. The van der Waals surface area contributed by atoms with Crippen LogP contribution in [0.5, 0.6) is 0 Å². The molecule has 6 nitrogen and oxygen atoms in total. The van der Waals surface area contributed by atoms with E-state index in [1.165, 1.54) is 12.0 Å². The number of para-hydroxylation sites is 1. The predicted octanol–water partition coefficient (Wildman–Crippen LogP) is 2.00. The number of carbonyl (C=O) groups is 2. The van der Waals surface area contributed by atoms with Crippen molar-refractivity contribution in [1.82, 2.24) is 0 Å². The largest absolute Gasteiger partial charge is 0.461 e. The number of methoxy groups -OCH3 is 1. The number of amides is 1. The van der Waals surface area contributed by atoms with Crippen molar-refractivity contribution in [2.45, 2.75) is 18.4 Å². The molecule has 1 unspecified atom stereocenters. The van der Waals surface area contributed by atoms with Crippen LogP contribution in [0.4, 0.5) is 5.69 Å². The predicted molar refractivity (Wildman–Crippen MR) is 95.4 cm³/mol. The van der Waals surface area contributed by atoms with Crippen LogP contribution in [0, 0.1) is 0 Å². The van der Waals surface area contributed by atoms with Crippen molar-refractivity contribution in [1.29, 1.82) is 0 Å². The van der Waals surface area contributed by atoms with Crippen molar-refractivity contribution in [3.05, 3.63) is 65.7 Å². The summed E-state index contributed by atoms with van der Waals surface area (Å²) in [6.45, 7) is -0.307. The first kappa shape index (κ1) is 18.1. The molecule has 1 atom stereocenters. The van der Waals surface area contributed by atoms with Crippen molar-refractivity contribution >= 4 is 17.6 Å². The van der Waals surface area contributed by atoms with E-state index >= 15 is 0 Å². The molecule has 1 amide bonds. The van der Waals surface area contributed by atoms with Crippen LogP contribution < -0.4 is 4.90 Å². The minimum atomic E-state index is -1.34. The molecule has 0 aliphatic carbocycles. The summed E-state index contributed by atoms with van der Waals surface area (Å²) in [5.41, 5.74) is 0.770. The van der Waals surface area contributed by atoms with Gasteiger partial charge in [0.15, 0.2) is 0 Å². The zero-order valence-electron chi connectivity index (χ0n) is 14.6. The third kappa shape index (κ3) is 3.21. The minimum absolute atomic E-state index is 0.0522. The van der Waals surface area contributed by atoms with Gasteiger partial charge in [0, 0.05) is 7.11 Å². The van der Waals surface area contributed by atoms with Gasteiger partial charge in [-0.25, -0.2) is 0 Å². The van der Waals surface area contributed by atoms with Gasteiger partial charge in [0.25, 0.3) is 0 Å². The van der Waals surface area contributed by atoms with Crippen molar-refractivity contribution in [2.75, 3.05) is 25.3 Å². The molecule has 0 saturated carbocycles. The number of aliphatic hydroxyl groups is 1. The fourth-order valence-corrected chi connectivity index (χ4v) is 3.27. The number of anilines is 1. The fourth-order valence-electron chi connectivity index (χ4n) is 3.27. The van der Waals surface area contributed by atoms with Crippen LogP contribution in [0.15, 0.2) is 54.6 Å². The van der Waals surface area contributed by atoms with Crippen molar-refractivity contribution < 1.29 is 24.2 Å². The highest BCUT2D eigenvalue weighted by Gasteiger charge is 2.52. The Kier molecular flexibility index (Phi) is 5.35. The first-order valence-electron chi connectivity index (χ1n) is 8.33. The Morgan fingerprint density at radius 1 is 1.12 bits per heavy atom. The molecule has 3 rings (SSSR count). The number of benzene rings is 2. The number of nitrogens with zero attached hydrogens (tertiary/aromatic N) is 1. The topological polar surface area (TPSA) is 76.1 Å². The molecule has 0 bridgehead atoms. The Hall–Kier alpha value is -2.70. The summed E-state index contributed by atoms with van der Waals surface area (Å²) in [6.07, 6.45) is -0.230. The van der Waals surface area contributed by atoms with Gasteiger partial charge in [0.05, 0.1) is 18.7 Å². The van der Waals surface area contributed by atoms with Gasteiger partial charge >= 0.3 is 5.97 Å². The summed E-state index contributed by atoms with van der Waals surface area (Å²) in [6, 6.07) is 16.4. The van der Waals surface area contributed by atoms with Crippen LogP contribution in [0.1, 0.15) is 17.5 Å². The number of hydrogen-bond donors (Lipinski definition) is 1. The van der Waals surface area contributed by atoms with Gasteiger partial charge in [-0.2, -0.15) is 0 Å². The number of rotatable bonds is 7. The zero-order valence-corrected chi connectivity index (χ0v) is 14.6. The Morgan fingerprint density at radius 3 is 2.50 bits per heavy atom. The molecule has 0 radical (unpaired) electrons. The Morgan fingerprint density at radius 2 is 1.81 bits per heavy atom. The minimum Gasteiger partial charge on any atom is -0.461 e. The van der Waals surface area contributed by atoms with Crippen LogP contribution in [0.2, 0.25) is 0 Å². The molecule has 0 aromatic heterocycles. The molecule has 26 heavy (non-hydrogen) atoms. The molecule has 1 heterocycles. The number of fused-ring (bicyclic) bond motifs is 1. The van der Waals surface area contributed by atoms with E-state index < -0.39 is 18.0 Å². The molecule has 2 aromatic carbocycles. The van der Waals surface area contributed by atoms with E-state index in [1.54, 1.807) is 24.3 Å². The molecule has 2 aromatic rings. The van der Waals surface area contributed by atoms with Crippen molar-refractivity contribution in [2.24, 2.45) is 0 Å². The summed E-state index contributed by atoms with van der Waals surface area (Å²) >= 11 is 0. The van der Waals surface area contributed by atoms with E-state index in [0.717, 1.165) is 5.56 Å². The second-order valence-corrected chi connectivity index (χ2v) is 6.23. The molecule has 0 saturated heterocycles. The second-order valence-electron chi connectivity index (χ2n) is 6.23. The highest BCUT2D eigenvalue weighted by atomic mass is 16.5. The summed E-state index contributed by atoms with van der Waals surface area (Å²) in [7, 11) is 1.49. The van der Waals surface area contributed by atoms with Crippen LogP contribution in [0.3, 0.4) is 0 Å². The van der Waals surface area contributed by atoms with Crippen LogP contribution in [-0.2, 0) is 31.1 Å². The first-order valence-corrected chi connectivity index (χ1v) is 8.33. The smallest absolute Gasteiger partial charge is 0.307 e. The number of esters is 1. The molecule has 6 heteroatoms. The molecule has 1 aliphatic rings. The monoisotopic (exact) mass is 355 g/mol. The normalized spacial score (nSPS) is 18.7. The van der Waals surface area contributed by atoms with Gasteiger partial charge in [-0.05, 0) is 17.2 Å². The van der Waals surface area contributed by atoms with Gasteiger partial charge in [0.2, 0.25) is 5.91 Å². The van der Waals surface area contributed by atoms with E-state index in [-0.39, 0.29) is 25.7 Å². The summed E-state index contributed by atoms with van der Waals surface area (Å²) in [4.78, 5) is 26.9. The molecule has 0 spiro atoms. The average Bonchev–Trinajstić information content (AvgIpc) is 2.91. The maximum atomic E-state index is 13.0. The molecule has 0 fully saturated rings. The Labute approximate surface area is 152 Å². The lowest BCUT2D eigenvalue weighted by atomic mass is 9.79. The van der Waals surface area contributed by atoms with Crippen LogP contribution >= 0.6 is 0 Å². The van der Waals surface area contributed by atoms with Gasteiger partial charge in [-0.3, -0.25) is 14.5 Å². The van der Waals surface area contributed by atoms with E-state index in [2.05, 4.69) is 0 Å². The molecular formula is C20H21NO5. The van der Waals surface area contributed by atoms with E-state index in [0.29, 0.717) is 11.3 Å². The SMILES string of the molecule is COCN1C(=O)C(CO)(CC(=O)OCc2ccccc2)c2ccccc21. The lowest BCUT2D eigenvalue weighted by molar-refractivity contribution is -0.149. The Bertz CT molecular complexity index is 792. The molecule has 136 valence electrons. The molecular weight excluding hydrogens is 334 g/mol. The second kappa shape index (κ2) is 7.68. The number of ether oxygens (including phenoxy) is 2. The fraction of sp³-hybridized carbons (Fsp3) is 0.300. The highest BCUT2D eigenvalue weighted by molar-refractivity contribution is 6.09. The van der Waals surface area contributed by atoms with E-state index in [1.807, 2.05) is 30.3 Å². The van der Waals surface area contributed by atoms with E-state index in [9.17, 15) is 14.7 Å². The third-order valence-corrected chi connectivity index (χ3v) is 4.58. The highest BCUT2D eigenvalue weighted by Crippen LogP contribution is 2.44. The third-order valence-electron chi connectivity index (χ3n) is 4.58. The Balaban J connectivity index is 1.81. The van der Waals surface area contributed by atoms with Crippen molar-refractivity contribution in [3.8, 4) is 0 Å². The maximum Gasteiger partial charge on any atom is 0.307 e. The van der Waals surface area contributed by atoms with Gasteiger partial charge < -0.3 is 14.6 Å². The number of carbonyl (C=O) groups excluding carboxylic acids is 2. The lowest BCUT2D eigenvalue weighted by Crippen LogP contribution is -2.45. The number of hydrogen-bond acceptors (Lipinski definition) is 5. The van der Waals surface area contributed by atoms with Gasteiger partial charge in [-0.15, -0.1) is 0 Å². The quantitative estimate of drug-likeness (QED) is 0.769. The van der Waals surface area contributed by atoms with E-state index in [4.69, 9.17) is 9.47 Å². The standard InChI is InChI=1S/C20H21NO5/c1-25-14-21-17-10-6-5-9-16(17)20(13-22,19(21)24)11-18(23)26-12-15-7-3-2-4-8-15/h2-10,22H,11-14H2,1H3. The maximum absolute atomic E-state index is 13.0. The lowest BCUT2D eigenvalue weighted by Gasteiger charge is -2.25. The van der Waals surface area contributed by atoms with Gasteiger partial charge in [-0.1, -0.05) is 48.5 Å². The van der Waals surface area contributed by atoms with Crippen molar-refractivity contribution in [3.63, 3.8) is 0 Å². The van der Waals surface area contributed by atoms with Crippen LogP contribution in [0.25, 0.3) is 0 Å².